The topological polar surface area (TPSA) is 116 Å². The number of halogens is 3. The summed E-state index contributed by atoms with van der Waals surface area (Å²) < 4.78 is 29.2. The van der Waals surface area contributed by atoms with Gasteiger partial charge in [-0.05, 0) is 49.6 Å². The maximum atomic E-state index is 13.9. The standard InChI is InChI=1S/C29H24ClF2N9/c1-15(2)41-14-25(39-40-41)28(20-4-3-5-24-19(20)6-7-34-24)37-17-8-21-26(38-18-10-23(31)29(32)36-13-18)16(11-33)12-35-27(21)22(30)9-17/h3-5,8-10,12-15,28,34,37H,6-7H2,1-2H3,(H,35,38). The third kappa shape index (κ3) is 4.98. The Balaban J connectivity index is 1.47. The van der Waals surface area contributed by atoms with Crippen LogP contribution in [0.15, 0.2) is 55.0 Å². The highest BCUT2D eigenvalue weighted by molar-refractivity contribution is 6.36. The fraction of sp³-hybridized carbons (Fsp3) is 0.207. The van der Waals surface area contributed by atoms with E-state index in [1.165, 1.54) is 11.8 Å². The highest BCUT2D eigenvalue weighted by atomic mass is 35.5. The monoisotopic (exact) mass is 571 g/mol. The van der Waals surface area contributed by atoms with Crippen LogP contribution in [0.25, 0.3) is 10.9 Å². The smallest absolute Gasteiger partial charge is 0.249 e. The fourth-order valence-corrected chi connectivity index (χ4v) is 5.26. The predicted octanol–water partition coefficient (Wildman–Crippen LogP) is 6.52. The van der Waals surface area contributed by atoms with E-state index in [0.717, 1.165) is 42.2 Å². The molecule has 0 aliphatic carbocycles. The van der Waals surface area contributed by atoms with Gasteiger partial charge in [-0.3, -0.25) is 4.98 Å². The SMILES string of the molecule is CC(C)n1cc(C(Nc2cc(Cl)c3ncc(C#N)c(Nc4cnc(F)c(F)c4)c3c2)c2cccc3c2CCN3)nn1. The summed E-state index contributed by atoms with van der Waals surface area (Å²) in [5.74, 6) is -2.33. The molecule has 9 nitrogen and oxygen atoms in total. The summed E-state index contributed by atoms with van der Waals surface area (Å²) in [6, 6.07) is 12.5. The van der Waals surface area contributed by atoms with Gasteiger partial charge in [0.1, 0.15) is 11.8 Å². The molecule has 2 aromatic carbocycles. The lowest BCUT2D eigenvalue weighted by molar-refractivity contribution is 0.480. The molecule has 0 amide bonds. The van der Waals surface area contributed by atoms with Crippen molar-refractivity contribution in [1.29, 1.82) is 5.26 Å². The molecule has 5 aromatic rings. The summed E-state index contributed by atoms with van der Waals surface area (Å²) in [6.07, 6.45) is 5.31. The lowest BCUT2D eigenvalue weighted by Gasteiger charge is -2.22. The lowest BCUT2D eigenvalue weighted by Crippen LogP contribution is -2.15. The number of aromatic nitrogens is 5. The zero-order chi connectivity index (χ0) is 28.7. The molecule has 0 fully saturated rings. The van der Waals surface area contributed by atoms with Gasteiger partial charge in [-0.15, -0.1) is 5.10 Å². The summed E-state index contributed by atoms with van der Waals surface area (Å²) in [7, 11) is 0. The molecule has 41 heavy (non-hydrogen) atoms. The van der Waals surface area contributed by atoms with Gasteiger partial charge >= 0.3 is 0 Å². The maximum Gasteiger partial charge on any atom is 0.249 e. The number of hydrogen-bond donors (Lipinski definition) is 3. The van der Waals surface area contributed by atoms with E-state index in [-0.39, 0.29) is 23.3 Å². The Labute approximate surface area is 239 Å². The Hall–Kier alpha value is -4.82. The molecule has 0 saturated carbocycles. The van der Waals surface area contributed by atoms with Crippen molar-refractivity contribution in [3.05, 3.63) is 94.2 Å². The van der Waals surface area contributed by atoms with Crippen molar-refractivity contribution in [2.75, 3.05) is 22.5 Å². The zero-order valence-corrected chi connectivity index (χ0v) is 22.8. The average molecular weight is 572 g/mol. The summed E-state index contributed by atoms with van der Waals surface area (Å²) in [5.41, 5.74) is 5.81. The van der Waals surface area contributed by atoms with Crippen LogP contribution in [0, 0.1) is 23.1 Å². The third-order valence-electron chi connectivity index (χ3n) is 6.99. The number of nitriles is 1. The first-order valence-corrected chi connectivity index (χ1v) is 13.3. The molecule has 206 valence electrons. The third-order valence-corrected chi connectivity index (χ3v) is 7.28. The molecule has 0 spiro atoms. The molecule has 0 saturated heterocycles. The molecule has 12 heteroatoms. The quantitative estimate of drug-likeness (QED) is 0.189. The Morgan fingerprint density at radius 1 is 1.12 bits per heavy atom. The number of pyridine rings is 2. The number of hydrogen-bond acceptors (Lipinski definition) is 8. The van der Waals surface area contributed by atoms with Gasteiger partial charge < -0.3 is 16.0 Å². The Bertz CT molecular complexity index is 1830. The van der Waals surface area contributed by atoms with Crippen LogP contribution in [-0.2, 0) is 6.42 Å². The van der Waals surface area contributed by atoms with E-state index in [2.05, 4.69) is 54.4 Å². The minimum atomic E-state index is -1.21. The summed E-state index contributed by atoms with van der Waals surface area (Å²) in [5, 5.41) is 29.5. The second kappa shape index (κ2) is 10.6. The van der Waals surface area contributed by atoms with Gasteiger partial charge in [0, 0.05) is 41.6 Å². The first-order chi connectivity index (χ1) is 19.8. The number of fused-ring (bicyclic) bond motifs is 2. The Kier molecular flexibility index (Phi) is 6.85. The van der Waals surface area contributed by atoms with Crippen LogP contribution < -0.4 is 16.0 Å². The van der Waals surface area contributed by atoms with Crippen LogP contribution in [0.2, 0.25) is 5.02 Å². The van der Waals surface area contributed by atoms with E-state index < -0.39 is 11.8 Å². The number of rotatable bonds is 7. The molecule has 1 unspecified atom stereocenters. The van der Waals surface area contributed by atoms with Crippen LogP contribution in [0.3, 0.4) is 0 Å². The number of nitrogens with zero attached hydrogens (tertiary/aromatic N) is 6. The van der Waals surface area contributed by atoms with Gasteiger partial charge in [-0.25, -0.2) is 14.1 Å². The lowest BCUT2D eigenvalue weighted by atomic mass is 9.96. The first kappa shape index (κ1) is 26.4. The largest absolute Gasteiger partial charge is 0.384 e. The van der Waals surface area contributed by atoms with Gasteiger partial charge in [0.05, 0.1) is 45.9 Å². The second-order valence-corrected chi connectivity index (χ2v) is 10.4. The highest BCUT2D eigenvalue weighted by Crippen LogP contribution is 2.38. The van der Waals surface area contributed by atoms with E-state index in [0.29, 0.717) is 27.3 Å². The maximum absolute atomic E-state index is 13.9. The van der Waals surface area contributed by atoms with E-state index in [4.69, 9.17) is 11.6 Å². The minimum absolute atomic E-state index is 0.130. The van der Waals surface area contributed by atoms with E-state index in [1.54, 1.807) is 10.7 Å². The molecule has 0 radical (unpaired) electrons. The van der Waals surface area contributed by atoms with E-state index in [1.807, 2.05) is 32.2 Å². The molecule has 4 heterocycles. The molecule has 1 aliphatic heterocycles. The predicted molar refractivity (Wildman–Crippen MR) is 153 cm³/mol. The highest BCUT2D eigenvalue weighted by Gasteiger charge is 2.25. The van der Waals surface area contributed by atoms with Gasteiger partial charge in [-0.1, -0.05) is 28.9 Å². The van der Waals surface area contributed by atoms with E-state index in [9.17, 15) is 14.0 Å². The Morgan fingerprint density at radius 3 is 2.73 bits per heavy atom. The van der Waals surface area contributed by atoms with Crippen LogP contribution in [0.5, 0.6) is 0 Å². The van der Waals surface area contributed by atoms with Gasteiger partial charge in [0.25, 0.3) is 0 Å². The molecule has 3 N–H and O–H groups in total. The van der Waals surface area contributed by atoms with Crippen LogP contribution >= 0.6 is 11.6 Å². The van der Waals surface area contributed by atoms with Crippen molar-refractivity contribution < 1.29 is 8.78 Å². The average Bonchev–Trinajstić information content (AvgIpc) is 3.64. The van der Waals surface area contributed by atoms with Crippen molar-refractivity contribution in [2.24, 2.45) is 0 Å². The molecular formula is C29H24ClF2N9. The molecular weight excluding hydrogens is 548 g/mol. The van der Waals surface area contributed by atoms with E-state index >= 15 is 0 Å². The normalized spacial score (nSPS) is 13.1. The first-order valence-electron chi connectivity index (χ1n) is 13.0. The molecule has 6 rings (SSSR count). The number of nitrogens with one attached hydrogen (secondary N) is 3. The molecule has 1 atom stereocenters. The second-order valence-electron chi connectivity index (χ2n) is 9.98. The number of anilines is 4. The van der Waals surface area contributed by atoms with Gasteiger partial charge in [0.15, 0.2) is 5.82 Å². The molecule has 1 aliphatic rings. The van der Waals surface area contributed by atoms with Crippen molar-refractivity contribution in [1.82, 2.24) is 25.0 Å². The zero-order valence-electron chi connectivity index (χ0n) is 22.1. The van der Waals surface area contributed by atoms with Gasteiger partial charge in [0.2, 0.25) is 5.95 Å². The van der Waals surface area contributed by atoms with Crippen molar-refractivity contribution in [3.63, 3.8) is 0 Å². The molecule has 3 aromatic heterocycles. The van der Waals surface area contributed by atoms with Crippen molar-refractivity contribution in [2.45, 2.75) is 32.4 Å². The van der Waals surface area contributed by atoms with Crippen LogP contribution in [0.1, 0.15) is 48.3 Å². The van der Waals surface area contributed by atoms with Crippen molar-refractivity contribution in [3.8, 4) is 6.07 Å². The minimum Gasteiger partial charge on any atom is -0.384 e. The van der Waals surface area contributed by atoms with Crippen LogP contribution in [0.4, 0.5) is 31.5 Å². The van der Waals surface area contributed by atoms with Gasteiger partial charge in [-0.2, -0.15) is 9.65 Å². The van der Waals surface area contributed by atoms with Crippen LogP contribution in [-0.4, -0.2) is 31.5 Å². The summed E-state index contributed by atoms with van der Waals surface area (Å²) in [4.78, 5) is 7.82. The number of benzene rings is 2. The Morgan fingerprint density at radius 2 is 1.98 bits per heavy atom. The van der Waals surface area contributed by atoms with Crippen molar-refractivity contribution >= 4 is 45.3 Å². The summed E-state index contributed by atoms with van der Waals surface area (Å²) >= 11 is 6.72. The molecule has 0 bridgehead atoms. The summed E-state index contributed by atoms with van der Waals surface area (Å²) in [6.45, 7) is 4.91. The fourth-order valence-electron chi connectivity index (χ4n) is 4.99.